The molecule has 0 fully saturated rings. The lowest BCUT2D eigenvalue weighted by atomic mass is 10.0. The third-order valence-electron chi connectivity index (χ3n) is 4.42. The molecule has 0 spiro atoms. The lowest BCUT2D eigenvalue weighted by molar-refractivity contribution is -0.139. The highest BCUT2D eigenvalue weighted by Gasteiger charge is 2.36. The summed E-state index contributed by atoms with van der Waals surface area (Å²) in [4.78, 5) is 11.5. The smallest absolute Gasteiger partial charge is 0.309 e. The Kier molecular flexibility index (Phi) is 8.11. The van der Waals surface area contributed by atoms with Gasteiger partial charge in [-0.3, -0.25) is 4.79 Å². The van der Waals surface area contributed by atoms with Gasteiger partial charge in [0, 0.05) is 11.1 Å². The van der Waals surface area contributed by atoms with Crippen LogP contribution in [-0.2, 0) is 20.4 Å². The Bertz CT molecular complexity index is 752. The molecule has 0 amide bonds. The lowest BCUT2D eigenvalue weighted by Gasteiger charge is -2.35. The summed E-state index contributed by atoms with van der Waals surface area (Å²) in [6.45, 7) is 11.1. The Hall–Kier alpha value is -2.05. The fraction of sp³-hybridized carbons (Fsp3) is 0.476. The number of methoxy groups -OCH3 is 1. The van der Waals surface area contributed by atoms with Crippen LogP contribution in [0.5, 0.6) is 0 Å². The Morgan fingerprint density at radius 1 is 1.12 bits per heavy atom. The van der Waals surface area contributed by atoms with E-state index in [2.05, 4.69) is 57.5 Å². The van der Waals surface area contributed by atoms with Crippen LogP contribution in [0, 0.1) is 23.7 Å². The summed E-state index contributed by atoms with van der Waals surface area (Å²) >= 11 is 0. The van der Waals surface area contributed by atoms with Crippen molar-refractivity contribution in [3.63, 3.8) is 0 Å². The molecule has 1 aromatic rings. The number of aliphatic hydroxyl groups excluding tert-OH is 1. The highest BCUT2D eigenvalue weighted by Crippen LogP contribution is 2.36. The maximum atomic E-state index is 11.5. The molecular weight excluding hydrogens is 344 g/mol. The molecule has 1 aromatic carbocycles. The van der Waals surface area contributed by atoms with Gasteiger partial charge in [-0.15, -0.1) is 0 Å². The lowest BCUT2D eigenvalue weighted by Crippen LogP contribution is -2.40. The number of hydrogen-bond donors (Lipinski definition) is 1. The van der Waals surface area contributed by atoms with Crippen LogP contribution in [0.1, 0.15) is 37.5 Å². The van der Waals surface area contributed by atoms with Gasteiger partial charge < -0.3 is 14.3 Å². The molecule has 0 atom stereocenters. The average Bonchev–Trinajstić information content (AvgIpc) is 2.55. The number of carbonyl (C=O) groups is 1. The zero-order valence-electron chi connectivity index (χ0n) is 16.5. The predicted molar refractivity (Wildman–Crippen MR) is 106 cm³/mol. The molecule has 0 unspecified atom stereocenters. The number of hydrogen-bond acceptors (Lipinski definition) is 4. The summed E-state index contributed by atoms with van der Waals surface area (Å²) < 4.78 is 10.8. The summed E-state index contributed by atoms with van der Waals surface area (Å²) in [5.41, 5.74) is 2.23. The molecule has 26 heavy (non-hydrogen) atoms. The minimum atomic E-state index is -1.82. The first-order chi connectivity index (χ1) is 12.1. The van der Waals surface area contributed by atoms with Crippen molar-refractivity contribution < 1.29 is 19.1 Å². The molecule has 0 aliphatic carbocycles. The van der Waals surface area contributed by atoms with Crippen molar-refractivity contribution in [2.45, 2.75) is 45.3 Å². The summed E-state index contributed by atoms with van der Waals surface area (Å²) in [7, 11) is -0.465. The fourth-order valence-corrected chi connectivity index (χ4v) is 2.76. The topological polar surface area (TPSA) is 55.8 Å². The fourth-order valence-electron chi connectivity index (χ4n) is 1.89. The second kappa shape index (κ2) is 9.59. The molecule has 4 nitrogen and oxygen atoms in total. The molecule has 1 rings (SSSR count). The molecule has 0 saturated heterocycles. The molecule has 0 bridgehead atoms. The molecule has 140 valence electrons. The van der Waals surface area contributed by atoms with E-state index in [0.717, 1.165) is 11.1 Å². The maximum Gasteiger partial charge on any atom is 0.309 e. The Balaban J connectivity index is 2.98. The Morgan fingerprint density at radius 2 is 1.69 bits per heavy atom. The Morgan fingerprint density at radius 3 is 2.19 bits per heavy atom. The quantitative estimate of drug-likeness (QED) is 0.501. The van der Waals surface area contributed by atoms with E-state index in [1.54, 1.807) is 6.07 Å². The third-order valence-corrected chi connectivity index (χ3v) is 8.90. The zero-order valence-corrected chi connectivity index (χ0v) is 17.5. The highest BCUT2D eigenvalue weighted by molar-refractivity contribution is 6.74. The number of aliphatic hydroxyl groups is 1. The van der Waals surface area contributed by atoms with E-state index >= 15 is 0 Å². The SMILES string of the molecule is COC(=O)Cc1cc(C#CCO)cc(C#CCO[Si](C)(C)C(C)(C)C)c1. The van der Waals surface area contributed by atoms with Crippen molar-refractivity contribution >= 4 is 14.3 Å². The van der Waals surface area contributed by atoms with Gasteiger partial charge in [0.1, 0.15) is 6.61 Å². The van der Waals surface area contributed by atoms with E-state index in [1.165, 1.54) is 7.11 Å². The molecular formula is C21H28O4Si. The van der Waals surface area contributed by atoms with Crippen LogP contribution >= 0.6 is 0 Å². The molecule has 0 aromatic heterocycles. The van der Waals surface area contributed by atoms with Gasteiger partial charge in [0.25, 0.3) is 0 Å². The van der Waals surface area contributed by atoms with Gasteiger partial charge in [0.05, 0.1) is 20.1 Å². The van der Waals surface area contributed by atoms with Gasteiger partial charge in [0.2, 0.25) is 0 Å². The largest absolute Gasteiger partial charge is 0.469 e. The monoisotopic (exact) mass is 372 g/mol. The number of benzene rings is 1. The first-order valence-corrected chi connectivity index (χ1v) is 11.4. The van der Waals surface area contributed by atoms with Crippen molar-refractivity contribution in [1.29, 1.82) is 0 Å². The third kappa shape index (κ3) is 7.05. The number of esters is 1. The number of ether oxygens (including phenoxy) is 1. The van der Waals surface area contributed by atoms with Gasteiger partial charge >= 0.3 is 5.97 Å². The highest BCUT2D eigenvalue weighted by atomic mass is 28.4. The molecule has 0 radical (unpaired) electrons. The predicted octanol–water partition coefficient (Wildman–Crippen LogP) is 3.12. The van der Waals surface area contributed by atoms with Crippen molar-refractivity contribution in [2.75, 3.05) is 20.3 Å². The molecule has 0 heterocycles. The van der Waals surface area contributed by atoms with E-state index < -0.39 is 8.32 Å². The van der Waals surface area contributed by atoms with E-state index in [4.69, 9.17) is 14.3 Å². The molecule has 0 saturated carbocycles. The second-order valence-electron chi connectivity index (χ2n) is 7.48. The maximum absolute atomic E-state index is 11.5. The van der Waals surface area contributed by atoms with Crippen LogP contribution in [0.15, 0.2) is 18.2 Å². The van der Waals surface area contributed by atoms with Crippen LogP contribution in [0.25, 0.3) is 0 Å². The normalized spacial score (nSPS) is 11.0. The second-order valence-corrected chi connectivity index (χ2v) is 12.3. The minimum Gasteiger partial charge on any atom is -0.469 e. The van der Waals surface area contributed by atoms with Crippen LogP contribution in [0.3, 0.4) is 0 Å². The standard InChI is InChI=1S/C21H28O4Si/c1-21(2,3)26(5,6)25-12-8-10-18-13-17(9-7-11-22)14-19(15-18)16-20(23)24-4/h13-15,22H,11-12,16H2,1-6H3. The zero-order chi connectivity index (χ0) is 19.8. The first-order valence-electron chi connectivity index (χ1n) is 8.52. The molecule has 0 aliphatic heterocycles. The summed E-state index contributed by atoms with van der Waals surface area (Å²) in [6.07, 6.45) is 0.153. The summed E-state index contributed by atoms with van der Waals surface area (Å²) in [5.74, 6) is 11.3. The summed E-state index contributed by atoms with van der Waals surface area (Å²) in [6, 6.07) is 5.49. The van der Waals surface area contributed by atoms with Crippen molar-refractivity contribution in [3.8, 4) is 23.7 Å². The van der Waals surface area contributed by atoms with Crippen LogP contribution in [0.2, 0.25) is 18.1 Å². The summed E-state index contributed by atoms with van der Waals surface area (Å²) in [5, 5.41) is 9.02. The molecule has 1 N–H and O–H groups in total. The van der Waals surface area contributed by atoms with E-state index in [0.29, 0.717) is 12.2 Å². The van der Waals surface area contributed by atoms with Gasteiger partial charge in [-0.1, -0.05) is 44.5 Å². The van der Waals surface area contributed by atoms with Crippen molar-refractivity contribution in [3.05, 3.63) is 34.9 Å². The number of rotatable bonds is 4. The minimum absolute atomic E-state index is 0.141. The molecule has 5 heteroatoms. The van der Waals surface area contributed by atoms with Crippen LogP contribution < -0.4 is 0 Å². The number of carbonyl (C=O) groups excluding carboxylic acids is 1. The first kappa shape index (κ1) is 22.0. The van der Waals surface area contributed by atoms with E-state index in [-0.39, 0.29) is 24.0 Å². The van der Waals surface area contributed by atoms with Crippen molar-refractivity contribution in [1.82, 2.24) is 0 Å². The van der Waals surface area contributed by atoms with Crippen LogP contribution in [0.4, 0.5) is 0 Å². The van der Waals surface area contributed by atoms with Gasteiger partial charge in [0.15, 0.2) is 8.32 Å². The van der Waals surface area contributed by atoms with Crippen LogP contribution in [-0.4, -0.2) is 39.7 Å². The van der Waals surface area contributed by atoms with Gasteiger partial charge in [-0.2, -0.15) is 0 Å². The van der Waals surface area contributed by atoms with Gasteiger partial charge in [-0.25, -0.2) is 0 Å². The average molecular weight is 373 g/mol. The molecule has 0 aliphatic rings. The van der Waals surface area contributed by atoms with E-state index in [9.17, 15) is 4.79 Å². The Labute approximate surface area is 158 Å². The van der Waals surface area contributed by atoms with E-state index in [1.807, 2.05) is 12.1 Å². The van der Waals surface area contributed by atoms with Gasteiger partial charge in [-0.05, 0) is 41.9 Å². The van der Waals surface area contributed by atoms with Crippen molar-refractivity contribution in [2.24, 2.45) is 0 Å².